The number of hydrogen-bond acceptors (Lipinski definition) is 4. The molecule has 6 heteroatoms. The van der Waals surface area contributed by atoms with Crippen LogP contribution < -0.4 is 10.1 Å². The van der Waals surface area contributed by atoms with E-state index in [0.29, 0.717) is 34.6 Å². The maximum absolute atomic E-state index is 12.0. The molecule has 2 rings (SSSR count). The van der Waals surface area contributed by atoms with E-state index >= 15 is 0 Å². The Bertz CT molecular complexity index is 572. The summed E-state index contributed by atoms with van der Waals surface area (Å²) in [7, 11) is 1.60. The highest BCUT2D eigenvalue weighted by molar-refractivity contribution is 7.12. The minimum Gasteiger partial charge on any atom is -0.489 e. The summed E-state index contributed by atoms with van der Waals surface area (Å²) in [5.41, 5.74) is 0.587. The lowest BCUT2D eigenvalue weighted by Crippen LogP contribution is -2.12. The molecule has 20 heavy (non-hydrogen) atoms. The highest BCUT2D eigenvalue weighted by Crippen LogP contribution is 2.29. The number of carbonyl (C=O) groups is 1. The Balaban J connectivity index is 2.11. The average molecular weight is 312 g/mol. The Hall–Kier alpha value is -1.56. The highest BCUT2D eigenvalue weighted by atomic mass is 35.5. The van der Waals surface area contributed by atoms with Gasteiger partial charge in [0.15, 0.2) is 0 Å². The van der Waals surface area contributed by atoms with E-state index in [4.69, 9.17) is 21.1 Å². The first-order valence-corrected chi connectivity index (χ1v) is 7.22. The number of anilines is 1. The molecular weight excluding hydrogens is 298 g/mol. The fourth-order valence-electron chi connectivity index (χ4n) is 1.55. The summed E-state index contributed by atoms with van der Waals surface area (Å²) in [6, 6.07) is 8.69. The number of methoxy groups -OCH3 is 1. The summed E-state index contributed by atoms with van der Waals surface area (Å²) in [4.78, 5) is 12.7. The third kappa shape index (κ3) is 3.96. The Kier molecular flexibility index (Phi) is 5.40. The van der Waals surface area contributed by atoms with Crippen LogP contribution in [0.15, 0.2) is 35.7 Å². The Morgan fingerprint density at radius 2 is 2.20 bits per heavy atom. The van der Waals surface area contributed by atoms with E-state index in [9.17, 15) is 4.79 Å². The Morgan fingerprint density at radius 1 is 1.35 bits per heavy atom. The smallest absolute Gasteiger partial charge is 0.265 e. The third-order valence-corrected chi connectivity index (χ3v) is 3.59. The lowest BCUT2D eigenvalue weighted by Gasteiger charge is -2.12. The number of amides is 1. The molecular formula is C14H14ClNO3S. The van der Waals surface area contributed by atoms with Crippen LogP contribution in [0.3, 0.4) is 0 Å². The molecule has 2 aromatic rings. The van der Waals surface area contributed by atoms with E-state index in [0.717, 1.165) is 0 Å². The zero-order chi connectivity index (χ0) is 14.4. The van der Waals surface area contributed by atoms with Gasteiger partial charge in [0.25, 0.3) is 5.91 Å². The first-order chi connectivity index (χ1) is 9.70. The van der Waals surface area contributed by atoms with Gasteiger partial charge < -0.3 is 14.8 Å². The molecule has 0 radical (unpaired) electrons. The van der Waals surface area contributed by atoms with Gasteiger partial charge in [-0.05, 0) is 23.6 Å². The third-order valence-electron chi connectivity index (χ3n) is 2.48. The SMILES string of the molecule is COCCOc1cc(Cl)ccc1NC(=O)c1cccs1. The minimum atomic E-state index is -0.168. The van der Waals surface area contributed by atoms with Crippen molar-refractivity contribution in [2.45, 2.75) is 0 Å². The fourth-order valence-corrected chi connectivity index (χ4v) is 2.33. The molecule has 0 saturated carbocycles. The van der Waals surface area contributed by atoms with E-state index < -0.39 is 0 Å². The van der Waals surface area contributed by atoms with Crippen LogP contribution in [-0.4, -0.2) is 26.2 Å². The van der Waals surface area contributed by atoms with Crippen molar-refractivity contribution in [3.05, 3.63) is 45.6 Å². The second kappa shape index (κ2) is 7.28. The molecule has 4 nitrogen and oxygen atoms in total. The topological polar surface area (TPSA) is 47.6 Å². The predicted molar refractivity (Wildman–Crippen MR) is 81.1 cm³/mol. The van der Waals surface area contributed by atoms with Crippen molar-refractivity contribution < 1.29 is 14.3 Å². The number of rotatable bonds is 6. The molecule has 1 aromatic carbocycles. The molecule has 0 saturated heterocycles. The van der Waals surface area contributed by atoms with E-state index in [1.165, 1.54) is 11.3 Å². The molecule has 0 atom stereocenters. The van der Waals surface area contributed by atoms with Crippen LogP contribution in [-0.2, 0) is 4.74 Å². The van der Waals surface area contributed by atoms with Crippen molar-refractivity contribution in [2.24, 2.45) is 0 Å². The Labute approximate surface area is 126 Å². The van der Waals surface area contributed by atoms with Crippen molar-refractivity contribution in [3.8, 4) is 5.75 Å². The van der Waals surface area contributed by atoms with Crippen LogP contribution >= 0.6 is 22.9 Å². The lowest BCUT2D eigenvalue weighted by molar-refractivity contribution is 0.102. The van der Waals surface area contributed by atoms with E-state index in [1.54, 1.807) is 31.4 Å². The molecule has 106 valence electrons. The quantitative estimate of drug-likeness (QED) is 0.828. The maximum atomic E-state index is 12.0. The summed E-state index contributed by atoms with van der Waals surface area (Å²) in [5.74, 6) is 0.360. The summed E-state index contributed by atoms with van der Waals surface area (Å²) < 4.78 is 10.5. The summed E-state index contributed by atoms with van der Waals surface area (Å²) in [5, 5.41) is 5.22. The van der Waals surface area contributed by atoms with Crippen LogP contribution in [0.25, 0.3) is 0 Å². The number of ether oxygens (including phenoxy) is 2. The van der Waals surface area contributed by atoms with Gasteiger partial charge >= 0.3 is 0 Å². The van der Waals surface area contributed by atoms with Gasteiger partial charge in [-0.25, -0.2) is 0 Å². The van der Waals surface area contributed by atoms with Crippen LogP contribution in [0.2, 0.25) is 5.02 Å². The predicted octanol–water partition coefficient (Wildman–Crippen LogP) is 3.68. The van der Waals surface area contributed by atoms with Crippen molar-refractivity contribution in [2.75, 3.05) is 25.6 Å². The zero-order valence-electron chi connectivity index (χ0n) is 10.9. The molecule has 1 N–H and O–H groups in total. The molecule has 0 fully saturated rings. The maximum Gasteiger partial charge on any atom is 0.265 e. The van der Waals surface area contributed by atoms with Gasteiger partial charge in [0.05, 0.1) is 17.2 Å². The molecule has 1 amide bonds. The van der Waals surface area contributed by atoms with Crippen LogP contribution in [0.1, 0.15) is 9.67 Å². The second-order valence-electron chi connectivity index (χ2n) is 3.91. The standard InChI is InChI=1S/C14H14ClNO3S/c1-18-6-7-19-12-9-10(15)4-5-11(12)16-14(17)13-3-2-8-20-13/h2-5,8-9H,6-7H2,1H3,(H,16,17). The molecule has 1 heterocycles. The van der Waals surface area contributed by atoms with E-state index in [1.807, 2.05) is 11.4 Å². The molecule has 0 bridgehead atoms. The summed E-state index contributed by atoms with van der Waals surface area (Å²) in [6.07, 6.45) is 0. The second-order valence-corrected chi connectivity index (χ2v) is 5.30. The van der Waals surface area contributed by atoms with Gasteiger partial charge in [0.2, 0.25) is 0 Å². The molecule has 0 unspecified atom stereocenters. The zero-order valence-corrected chi connectivity index (χ0v) is 12.5. The highest BCUT2D eigenvalue weighted by Gasteiger charge is 2.11. The van der Waals surface area contributed by atoms with E-state index in [-0.39, 0.29) is 5.91 Å². The monoisotopic (exact) mass is 311 g/mol. The van der Waals surface area contributed by atoms with Gasteiger partial charge in [-0.3, -0.25) is 4.79 Å². The van der Waals surface area contributed by atoms with Crippen LogP contribution in [0, 0.1) is 0 Å². The summed E-state index contributed by atoms with van der Waals surface area (Å²) in [6.45, 7) is 0.851. The Morgan fingerprint density at radius 3 is 2.90 bits per heavy atom. The number of nitrogens with one attached hydrogen (secondary N) is 1. The van der Waals surface area contributed by atoms with Crippen molar-refractivity contribution in [1.82, 2.24) is 0 Å². The fraction of sp³-hybridized carbons (Fsp3) is 0.214. The van der Waals surface area contributed by atoms with Gasteiger partial charge in [0.1, 0.15) is 12.4 Å². The number of halogens is 1. The van der Waals surface area contributed by atoms with Gasteiger partial charge in [0, 0.05) is 18.2 Å². The van der Waals surface area contributed by atoms with Crippen molar-refractivity contribution in [1.29, 1.82) is 0 Å². The molecule has 1 aromatic heterocycles. The first kappa shape index (κ1) is 14.8. The average Bonchev–Trinajstić information content (AvgIpc) is 2.96. The van der Waals surface area contributed by atoms with E-state index in [2.05, 4.69) is 5.32 Å². The van der Waals surface area contributed by atoms with Gasteiger partial charge in [-0.15, -0.1) is 11.3 Å². The molecule has 0 aliphatic rings. The van der Waals surface area contributed by atoms with Crippen molar-refractivity contribution in [3.63, 3.8) is 0 Å². The van der Waals surface area contributed by atoms with Crippen LogP contribution in [0.4, 0.5) is 5.69 Å². The summed E-state index contributed by atoms with van der Waals surface area (Å²) >= 11 is 7.33. The largest absolute Gasteiger partial charge is 0.489 e. The molecule has 0 spiro atoms. The van der Waals surface area contributed by atoms with Gasteiger partial charge in [-0.2, -0.15) is 0 Å². The van der Waals surface area contributed by atoms with Crippen LogP contribution in [0.5, 0.6) is 5.75 Å². The van der Waals surface area contributed by atoms with Gasteiger partial charge in [-0.1, -0.05) is 17.7 Å². The van der Waals surface area contributed by atoms with Crippen molar-refractivity contribution >= 4 is 34.5 Å². The molecule has 0 aliphatic carbocycles. The normalized spacial score (nSPS) is 10.3. The number of thiophene rings is 1. The molecule has 0 aliphatic heterocycles. The first-order valence-electron chi connectivity index (χ1n) is 5.97. The minimum absolute atomic E-state index is 0.168. The lowest BCUT2D eigenvalue weighted by atomic mass is 10.3. The number of carbonyl (C=O) groups excluding carboxylic acids is 1. The number of benzene rings is 1. The number of hydrogen-bond donors (Lipinski definition) is 1.